The highest BCUT2D eigenvalue weighted by Gasteiger charge is 2.31. The van der Waals surface area contributed by atoms with Crippen molar-refractivity contribution in [3.05, 3.63) is 42.0 Å². The van der Waals surface area contributed by atoms with E-state index in [1.54, 1.807) is 18.2 Å². The van der Waals surface area contributed by atoms with Crippen LogP contribution in [0.5, 0.6) is 0 Å². The topological polar surface area (TPSA) is 135 Å². The molecule has 1 aromatic rings. The number of hydrogen-bond acceptors (Lipinski definition) is 6. The summed E-state index contributed by atoms with van der Waals surface area (Å²) < 4.78 is 27.4. The summed E-state index contributed by atoms with van der Waals surface area (Å²) in [6.45, 7) is 3.47. The lowest BCUT2D eigenvalue weighted by Gasteiger charge is -2.26. The molecular formula is C19H24O8S. The number of sulfone groups is 1. The van der Waals surface area contributed by atoms with Gasteiger partial charge in [-0.1, -0.05) is 29.8 Å². The summed E-state index contributed by atoms with van der Waals surface area (Å²) >= 11 is 0. The van der Waals surface area contributed by atoms with E-state index in [1.165, 1.54) is 19.1 Å². The van der Waals surface area contributed by atoms with Gasteiger partial charge in [0, 0.05) is 12.8 Å². The lowest BCUT2D eigenvalue weighted by Crippen LogP contribution is -2.30. The first-order valence-electron chi connectivity index (χ1n) is 8.54. The molecule has 0 radical (unpaired) electrons. The van der Waals surface area contributed by atoms with E-state index >= 15 is 0 Å². The molecule has 1 aliphatic carbocycles. The molecule has 28 heavy (non-hydrogen) atoms. The smallest absolute Gasteiger partial charge is 0.319 e. The van der Waals surface area contributed by atoms with Gasteiger partial charge in [0.15, 0.2) is 15.6 Å². The monoisotopic (exact) mass is 412 g/mol. The molecular weight excluding hydrogens is 388 g/mol. The Kier molecular flexibility index (Phi) is 8.84. The van der Waals surface area contributed by atoms with Crippen molar-refractivity contribution in [2.75, 3.05) is 12.4 Å². The standard InChI is InChI=1S/C11H16O4.C8H8O4S/c1-7-3-4-9(6-15-8(2)12)10(5-7)11(13)14;9-8(10)6-13(11,12)7-4-2-1-3-5-7/h3,9-10H,4-6H2,1-2H3,(H,13,14);1-5H,6H2,(H,9,10). The van der Waals surface area contributed by atoms with Crippen LogP contribution in [0.15, 0.2) is 46.9 Å². The summed E-state index contributed by atoms with van der Waals surface area (Å²) in [6, 6.07) is 7.51. The van der Waals surface area contributed by atoms with Crippen molar-refractivity contribution in [3.8, 4) is 0 Å². The number of aliphatic carboxylic acids is 2. The molecule has 0 saturated heterocycles. The summed E-state index contributed by atoms with van der Waals surface area (Å²) in [5, 5.41) is 17.4. The first-order valence-corrected chi connectivity index (χ1v) is 10.2. The van der Waals surface area contributed by atoms with Crippen molar-refractivity contribution in [1.29, 1.82) is 0 Å². The van der Waals surface area contributed by atoms with Crippen LogP contribution in [0.2, 0.25) is 0 Å². The number of hydrogen-bond donors (Lipinski definition) is 2. The molecule has 0 aliphatic heterocycles. The summed E-state index contributed by atoms with van der Waals surface area (Å²) in [6.07, 6.45) is 3.25. The molecule has 0 amide bonds. The minimum Gasteiger partial charge on any atom is -0.481 e. The van der Waals surface area contributed by atoms with Gasteiger partial charge >= 0.3 is 17.9 Å². The molecule has 0 aromatic heterocycles. The average Bonchev–Trinajstić information content (AvgIpc) is 2.60. The van der Waals surface area contributed by atoms with Gasteiger partial charge in [-0.15, -0.1) is 0 Å². The van der Waals surface area contributed by atoms with Gasteiger partial charge in [-0.3, -0.25) is 14.4 Å². The number of allylic oxidation sites excluding steroid dienone is 2. The number of carbonyl (C=O) groups excluding carboxylic acids is 1. The Morgan fingerprint density at radius 3 is 2.25 bits per heavy atom. The minimum atomic E-state index is -3.66. The first-order chi connectivity index (χ1) is 13.0. The Hall–Kier alpha value is -2.68. The van der Waals surface area contributed by atoms with E-state index in [1.807, 2.05) is 13.0 Å². The fourth-order valence-electron chi connectivity index (χ4n) is 2.68. The van der Waals surface area contributed by atoms with Crippen molar-refractivity contribution in [2.24, 2.45) is 11.8 Å². The highest BCUT2D eigenvalue weighted by Crippen LogP contribution is 2.30. The fraction of sp³-hybridized carbons (Fsp3) is 0.421. The van der Waals surface area contributed by atoms with E-state index in [0.717, 1.165) is 5.57 Å². The van der Waals surface area contributed by atoms with E-state index in [-0.39, 0.29) is 23.4 Å². The van der Waals surface area contributed by atoms with E-state index in [0.29, 0.717) is 12.8 Å². The largest absolute Gasteiger partial charge is 0.481 e. The fourth-order valence-corrected chi connectivity index (χ4v) is 3.75. The van der Waals surface area contributed by atoms with Crippen molar-refractivity contribution in [3.63, 3.8) is 0 Å². The number of benzene rings is 1. The molecule has 154 valence electrons. The Bertz CT molecular complexity index is 827. The highest BCUT2D eigenvalue weighted by molar-refractivity contribution is 7.92. The quantitative estimate of drug-likeness (QED) is 0.536. The average molecular weight is 412 g/mol. The molecule has 2 unspecified atom stereocenters. The molecule has 2 N–H and O–H groups in total. The van der Waals surface area contributed by atoms with Crippen LogP contribution in [0, 0.1) is 11.8 Å². The number of carboxylic acids is 2. The zero-order chi connectivity index (χ0) is 21.3. The first kappa shape index (κ1) is 23.4. The van der Waals surface area contributed by atoms with Gasteiger partial charge < -0.3 is 14.9 Å². The number of rotatable bonds is 6. The van der Waals surface area contributed by atoms with E-state index < -0.39 is 33.4 Å². The Balaban J connectivity index is 0.000000283. The summed E-state index contributed by atoms with van der Waals surface area (Å²) in [5.41, 5.74) is 1.10. The molecule has 1 aliphatic rings. The number of carbonyl (C=O) groups is 3. The van der Waals surface area contributed by atoms with Gasteiger partial charge in [-0.25, -0.2) is 8.42 Å². The predicted octanol–water partition coefficient (Wildman–Crippen LogP) is 2.15. The second kappa shape index (κ2) is 10.6. The maximum absolute atomic E-state index is 11.3. The maximum atomic E-state index is 11.3. The molecule has 0 fully saturated rings. The lowest BCUT2D eigenvalue weighted by atomic mass is 9.80. The molecule has 9 heteroatoms. The van der Waals surface area contributed by atoms with Gasteiger partial charge in [0.25, 0.3) is 0 Å². The third-order valence-electron chi connectivity index (χ3n) is 4.11. The highest BCUT2D eigenvalue weighted by atomic mass is 32.2. The van der Waals surface area contributed by atoms with E-state index in [2.05, 4.69) is 0 Å². The normalized spacial score (nSPS) is 18.9. The van der Waals surface area contributed by atoms with Crippen LogP contribution in [0.4, 0.5) is 0 Å². The van der Waals surface area contributed by atoms with Crippen LogP contribution in [0.3, 0.4) is 0 Å². The van der Waals surface area contributed by atoms with E-state index in [4.69, 9.17) is 14.9 Å². The summed E-state index contributed by atoms with van der Waals surface area (Å²) in [5.74, 6) is -3.88. The molecule has 0 saturated carbocycles. The van der Waals surface area contributed by atoms with Crippen LogP contribution < -0.4 is 0 Å². The van der Waals surface area contributed by atoms with Crippen LogP contribution in [0.1, 0.15) is 26.7 Å². The van der Waals surface area contributed by atoms with Crippen molar-refractivity contribution in [2.45, 2.75) is 31.6 Å². The lowest BCUT2D eigenvalue weighted by molar-refractivity contribution is -0.150. The number of ether oxygens (including phenoxy) is 1. The van der Waals surface area contributed by atoms with Gasteiger partial charge in [0.05, 0.1) is 17.4 Å². The predicted molar refractivity (Wildman–Crippen MR) is 100 cm³/mol. The van der Waals surface area contributed by atoms with Crippen molar-refractivity contribution in [1.82, 2.24) is 0 Å². The molecule has 2 rings (SSSR count). The third-order valence-corrected chi connectivity index (χ3v) is 5.73. The third kappa shape index (κ3) is 7.91. The molecule has 2 atom stereocenters. The summed E-state index contributed by atoms with van der Waals surface area (Å²) in [4.78, 5) is 31.9. The Morgan fingerprint density at radius 2 is 1.75 bits per heavy atom. The molecule has 8 nitrogen and oxygen atoms in total. The SMILES string of the molecule is CC(=O)OCC1CC=C(C)CC1C(=O)O.O=C(O)CS(=O)(=O)c1ccccc1. The van der Waals surface area contributed by atoms with Crippen molar-refractivity contribution < 1.29 is 37.8 Å². The molecule has 0 heterocycles. The van der Waals surface area contributed by atoms with Crippen LogP contribution >= 0.6 is 0 Å². The van der Waals surface area contributed by atoms with Crippen LogP contribution in [-0.4, -0.2) is 48.9 Å². The summed E-state index contributed by atoms with van der Waals surface area (Å²) in [7, 11) is -3.66. The van der Waals surface area contributed by atoms with Crippen molar-refractivity contribution >= 4 is 27.7 Å². The number of esters is 1. The zero-order valence-electron chi connectivity index (χ0n) is 15.7. The van der Waals surface area contributed by atoms with Gasteiger partial charge in [0.2, 0.25) is 0 Å². The Labute approximate surface area is 163 Å². The second-order valence-corrected chi connectivity index (χ2v) is 8.45. The van der Waals surface area contributed by atoms with E-state index in [9.17, 15) is 22.8 Å². The van der Waals surface area contributed by atoms with Crippen LogP contribution in [0.25, 0.3) is 0 Å². The molecule has 0 bridgehead atoms. The van der Waals surface area contributed by atoms with Gasteiger partial charge in [-0.2, -0.15) is 0 Å². The maximum Gasteiger partial charge on any atom is 0.319 e. The van der Waals surface area contributed by atoms with Crippen LogP contribution in [-0.2, 0) is 29.0 Å². The van der Waals surface area contributed by atoms with Gasteiger partial charge in [-0.05, 0) is 31.9 Å². The second-order valence-electron chi connectivity index (χ2n) is 6.46. The zero-order valence-corrected chi connectivity index (χ0v) is 16.5. The van der Waals surface area contributed by atoms with Gasteiger partial charge in [0.1, 0.15) is 0 Å². The molecule has 1 aromatic carbocycles. The molecule has 0 spiro atoms. The Morgan fingerprint density at radius 1 is 1.14 bits per heavy atom. The minimum absolute atomic E-state index is 0.0393. The number of carboxylic acid groups (broad SMARTS) is 2.